The molecule has 0 saturated carbocycles. The van der Waals surface area contributed by atoms with Crippen molar-refractivity contribution < 1.29 is 14.6 Å². The van der Waals surface area contributed by atoms with E-state index in [1.54, 1.807) is 20.0 Å². The van der Waals surface area contributed by atoms with Crippen molar-refractivity contribution in [1.29, 1.82) is 0 Å². The van der Waals surface area contributed by atoms with Gasteiger partial charge in [0.1, 0.15) is 5.82 Å². The maximum atomic E-state index is 12.2. The fourth-order valence-corrected chi connectivity index (χ4v) is 2.36. The number of aliphatic hydroxyl groups excluding tert-OH is 1. The van der Waals surface area contributed by atoms with E-state index >= 15 is 0 Å². The van der Waals surface area contributed by atoms with Crippen molar-refractivity contribution in [3.8, 4) is 0 Å². The third-order valence-corrected chi connectivity index (χ3v) is 3.86. The maximum absolute atomic E-state index is 12.2. The van der Waals surface area contributed by atoms with Crippen molar-refractivity contribution in [2.75, 3.05) is 26.4 Å². The van der Waals surface area contributed by atoms with Gasteiger partial charge in [0.15, 0.2) is 0 Å². The summed E-state index contributed by atoms with van der Waals surface area (Å²) in [6.45, 7) is 5.34. The number of nitrogens with one attached hydrogen (secondary N) is 1. The first-order valence-electron chi connectivity index (χ1n) is 6.83. The molecule has 1 aliphatic heterocycles. The van der Waals surface area contributed by atoms with E-state index in [-0.39, 0.29) is 17.9 Å². The summed E-state index contributed by atoms with van der Waals surface area (Å²) < 4.78 is 5.31. The molecular weight excluding hydrogens is 258 g/mol. The molecule has 1 aromatic heterocycles. The third-order valence-electron chi connectivity index (χ3n) is 3.86. The lowest BCUT2D eigenvalue weighted by molar-refractivity contribution is -0.0146. The van der Waals surface area contributed by atoms with Gasteiger partial charge in [-0.25, -0.2) is 9.97 Å². The number of aromatic nitrogens is 2. The van der Waals surface area contributed by atoms with Crippen LogP contribution in [0.15, 0.2) is 6.20 Å². The van der Waals surface area contributed by atoms with Crippen LogP contribution in [0.5, 0.6) is 0 Å². The molecule has 110 valence electrons. The zero-order valence-corrected chi connectivity index (χ0v) is 12.0. The Morgan fingerprint density at radius 1 is 1.45 bits per heavy atom. The van der Waals surface area contributed by atoms with E-state index in [4.69, 9.17) is 4.74 Å². The SMILES string of the molecule is Cc1ncc(C(=O)NCC2(CO)CCOCC2)c(C)n1. The van der Waals surface area contributed by atoms with Crippen LogP contribution in [0.25, 0.3) is 0 Å². The Morgan fingerprint density at radius 2 is 2.15 bits per heavy atom. The van der Waals surface area contributed by atoms with Crippen LogP contribution < -0.4 is 5.32 Å². The summed E-state index contributed by atoms with van der Waals surface area (Å²) in [7, 11) is 0. The summed E-state index contributed by atoms with van der Waals surface area (Å²) in [4.78, 5) is 20.4. The van der Waals surface area contributed by atoms with Gasteiger partial charge in [0.25, 0.3) is 5.91 Å². The largest absolute Gasteiger partial charge is 0.396 e. The van der Waals surface area contributed by atoms with Crippen molar-refractivity contribution >= 4 is 5.91 Å². The van der Waals surface area contributed by atoms with Gasteiger partial charge < -0.3 is 15.2 Å². The molecule has 1 saturated heterocycles. The Balaban J connectivity index is 2.00. The summed E-state index contributed by atoms with van der Waals surface area (Å²) in [5, 5.41) is 12.5. The van der Waals surface area contributed by atoms with Crippen LogP contribution in [0.3, 0.4) is 0 Å². The first-order chi connectivity index (χ1) is 9.56. The van der Waals surface area contributed by atoms with Crippen molar-refractivity contribution in [3.63, 3.8) is 0 Å². The smallest absolute Gasteiger partial charge is 0.254 e. The Morgan fingerprint density at radius 3 is 2.75 bits per heavy atom. The van der Waals surface area contributed by atoms with Crippen LogP contribution in [0, 0.1) is 19.3 Å². The molecule has 0 radical (unpaired) electrons. The molecule has 20 heavy (non-hydrogen) atoms. The first-order valence-corrected chi connectivity index (χ1v) is 6.83. The average molecular weight is 279 g/mol. The fraction of sp³-hybridized carbons (Fsp3) is 0.643. The molecule has 0 bridgehead atoms. The molecule has 6 nitrogen and oxygen atoms in total. The zero-order valence-electron chi connectivity index (χ0n) is 12.0. The molecule has 2 heterocycles. The van der Waals surface area contributed by atoms with E-state index in [1.165, 1.54) is 0 Å². The van der Waals surface area contributed by atoms with E-state index in [0.29, 0.717) is 36.8 Å². The maximum Gasteiger partial charge on any atom is 0.254 e. The van der Waals surface area contributed by atoms with Crippen molar-refractivity contribution in [2.24, 2.45) is 5.41 Å². The third kappa shape index (κ3) is 3.32. The molecule has 1 amide bonds. The molecular formula is C14H21N3O3. The van der Waals surface area contributed by atoms with Gasteiger partial charge in [-0.15, -0.1) is 0 Å². The van der Waals surface area contributed by atoms with E-state index in [1.807, 2.05) is 0 Å². The summed E-state index contributed by atoms with van der Waals surface area (Å²) in [6, 6.07) is 0. The van der Waals surface area contributed by atoms with Gasteiger partial charge in [-0.1, -0.05) is 0 Å². The minimum atomic E-state index is -0.270. The highest BCUT2D eigenvalue weighted by Crippen LogP contribution is 2.29. The van der Waals surface area contributed by atoms with Gasteiger partial charge >= 0.3 is 0 Å². The Kier molecular flexibility index (Phi) is 4.67. The normalized spacial score (nSPS) is 17.8. The quantitative estimate of drug-likeness (QED) is 0.843. The summed E-state index contributed by atoms with van der Waals surface area (Å²) >= 11 is 0. The Labute approximate surface area is 118 Å². The van der Waals surface area contributed by atoms with Gasteiger partial charge in [0.05, 0.1) is 17.9 Å². The van der Waals surface area contributed by atoms with Gasteiger partial charge in [-0.3, -0.25) is 4.79 Å². The second-order valence-electron chi connectivity index (χ2n) is 5.37. The number of aliphatic hydroxyl groups is 1. The van der Waals surface area contributed by atoms with Gasteiger partial charge in [0.2, 0.25) is 0 Å². The number of aryl methyl sites for hydroxylation is 2. The highest BCUT2D eigenvalue weighted by atomic mass is 16.5. The summed E-state index contributed by atoms with van der Waals surface area (Å²) in [6.07, 6.45) is 3.06. The molecule has 1 fully saturated rings. The van der Waals surface area contributed by atoms with Crippen LogP contribution in [0.1, 0.15) is 34.7 Å². The highest BCUT2D eigenvalue weighted by molar-refractivity contribution is 5.94. The monoisotopic (exact) mass is 279 g/mol. The van der Waals surface area contributed by atoms with E-state index in [9.17, 15) is 9.90 Å². The van der Waals surface area contributed by atoms with E-state index in [2.05, 4.69) is 15.3 Å². The standard InChI is InChI=1S/C14H21N3O3/c1-10-12(7-15-11(2)17-10)13(19)16-8-14(9-18)3-5-20-6-4-14/h7,18H,3-6,8-9H2,1-2H3,(H,16,19). The average Bonchev–Trinajstić information content (AvgIpc) is 2.46. The molecule has 0 unspecified atom stereocenters. The molecule has 6 heteroatoms. The molecule has 1 aliphatic rings. The van der Waals surface area contributed by atoms with Crippen LogP contribution in [-0.2, 0) is 4.74 Å². The number of carbonyl (C=O) groups is 1. The minimum absolute atomic E-state index is 0.0556. The predicted octanol–water partition coefficient (Wildman–Crippen LogP) is 0.612. The lowest BCUT2D eigenvalue weighted by atomic mass is 9.81. The highest BCUT2D eigenvalue weighted by Gasteiger charge is 2.32. The van der Waals surface area contributed by atoms with Crippen molar-refractivity contribution in [2.45, 2.75) is 26.7 Å². The van der Waals surface area contributed by atoms with Gasteiger partial charge in [-0.05, 0) is 26.7 Å². The minimum Gasteiger partial charge on any atom is -0.396 e. The van der Waals surface area contributed by atoms with Crippen LogP contribution >= 0.6 is 0 Å². The molecule has 0 spiro atoms. The molecule has 0 atom stereocenters. The number of ether oxygens (including phenoxy) is 1. The lowest BCUT2D eigenvalue weighted by Crippen LogP contribution is -2.43. The second-order valence-corrected chi connectivity index (χ2v) is 5.37. The molecule has 0 aromatic carbocycles. The lowest BCUT2D eigenvalue weighted by Gasteiger charge is -2.35. The number of amides is 1. The fourth-order valence-electron chi connectivity index (χ4n) is 2.36. The van der Waals surface area contributed by atoms with Crippen LogP contribution in [-0.4, -0.2) is 47.3 Å². The number of carbonyl (C=O) groups excluding carboxylic acids is 1. The van der Waals surface area contributed by atoms with Crippen LogP contribution in [0.4, 0.5) is 0 Å². The van der Waals surface area contributed by atoms with Gasteiger partial charge in [0, 0.05) is 31.4 Å². The molecule has 2 rings (SSSR count). The number of nitrogens with zero attached hydrogens (tertiary/aromatic N) is 2. The molecule has 2 N–H and O–H groups in total. The van der Waals surface area contributed by atoms with Crippen LogP contribution in [0.2, 0.25) is 0 Å². The Bertz CT molecular complexity index is 485. The number of hydrogen-bond acceptors (Lipinski definition) is 5. The first kappa shape index (κ1) is 14.9. The van der Waals surface area contributed by atoms with E-state index < -0.39 is 0 Å². The number of rotatable bonds is 4. The summed E-state index contributed by atoms with van der Waals surface area (Å²) in [5.74, 6) is 0.456. The summed E-state index contributed by atoms with van der Waals surface area (Å²) in [5.41, 5.74) is 0.878. The number of hydrogen-bond donors (Lipinski definition) is 2. The Hall–Kier alpha value is -1.53. The predicted molar refractivity (Wildman–Crippen MR) is 73.4 cm³/mol. The zero-order chi connectivity index (χ0) is 14.6. The van der Waals surface area contributed by atoms with Crippen molar-refractivity contribution in [1.82, 2.24) is 15.3 Å². The molecule has 0 aliphatic carbocycles. The second kappa shape index (κ2) is 6.28. The molecule has 1 aromatic rings. The van der Waals surface area contributed by atoms with E-state index in [0.717, 1.165) is 12.8 Å². The van der Waals surface area contributed by atoms with Crippen molar-refractivity contribution in [3.05, 3.63) is 23.3 Å². The van der Waals surface area contributed by atoms with Gasteiger partial charge in [-0.2, -0.15) is 0 Å². The topological polar surface area (TPSA) is 84.3 Å².